The minimum atomic E-state index is -0.186. The molecular formula is C31H44N6O3. The van der Waals surface area contributed by atoms with Gasteiger partial charge in [-0.3, -0.25) is 14.0 Å². The number of aromatic nitrogens is 2. The molecule has 2 heterocycles. The van der Waals surface area contributed by atoms with Crippen LogP contribution in [0.4, 0.5) is 5.82 Å². The van der Waals surface area contributed by atoms with Crippen molar-refractivity contribution in [1.82, 2.24) is 20.0 Å². The van der Waals surface area contributed by atoms with Crippen molar-refractivity contribution in [3.05, 3.63) is 48.2 Å². The number of fused-ring (bicyclic) bond motifs is 1. The number of nitrogens with zero attached hydrogens (tertiary/aromatic N) is 3. The number of pyridine rings is 1. The fourth-order valence-corrected chi connectivity index (χ4v) is 4.26. The van der Waals surface area contributed by atoms with Crippen molar-refractivity contribution in [3.8, 4) is 23.1 Å². The normalized spacial score (nSPS) is 13.5. The summed E-state index contributed by atoms with van der Waals surface area (Å²) in [7, 11) is 3.38. The number of nitrogens with one attached hydrogen (secondary N) is 3. The summed E-state index contributed by atoms with van der Waals surface area (Å²) in [6, 6.07) is 13.8. The molecule has 4 rings (SSSR count). The van der Waals surface area contributed by atoms with Gasteiger partial charge in [0.1, 0.15) is 22.9 Å². The average Bonchev–Trinajstić information content (AvgIpc) is 3.36. The number of benzene rings is 1. The first kappa shape index (κ1) is 32.3. The number of amides is 1. The molecule has 9 heteroatoms. The van der Waals surface area contributed by atoms with Crippen molar-refractivity contribution in [1.29, 1.82) is 5.26 Å². The van der Waals surface area contributed by atoms with Gasteiger partial charge in [0, 0.05) is 24.3 Å². The molecule has 1 fully saturated rings. The molecule has 1 aliphatic carbocycles. The first-order valence-corrected chi connectivity index (χ1v) is 14.1. The van der Waals surface area contributed by atoms with Crippen LogP contribution in [-0.2, 0) is 4.79 Å². The summed E-state index contributed by atoms with van der Waals surface area (Å²) in [5.74, 6) is 1.67. The number of rotatable bonds is 9. The third-order valence-electron chi connectivity index (χ3n) is 6.46. The van der Waals surface area contributed by atoms with Crippen LogP contribution in [-0.4, -0.2) is 54.4 Å². The number of aldehydes is 1. The van der Waals surface area contributed by atoms with Gasteiger partial charge in [-0.25, -0.2) is 4.98 Å². The molecule has 216 valence electrons. The minimum Gasteiger partial charge on any atom is -0.497 e. The van der Waals surface area contributed by atoms with Crippen LogP contribution in [0.3, 0.4) is 0 Å². The number of nitriles is 1. The maximum atomic E-state index is 11.5. The summed E-state index contributed by atoms with van der Waals surface area (Å²) >= 11 is 0. The Kier molecular flexibility index (Phi) is 14.3. The monoisotopic (exact) mass is 548 g/mol. The van der Waals surface area contributed by atoms with Gasteiger partial charge >= 0.3 is 0 Å². The third kappa shape index (κ3) is 9.38. The lowest BCUT2D eigenvalue weighted by atomic mass is 9.95. The van der Waals surface area contributed by atoms with Crippen LogP contribution in [0.25, 0.3) is 16.9 Å². The van der Waals surface area contributed by atoms with Crippen molar-refractivity contribution < 1.29 is 14.3 Å². The van der Waals surface area contributed by atoms with Crippen molar-refractivity contribution in [2.45, 2.75) is 77.8 Å². The van der Waals surface area contributed by atoms with E-state index in [2.05, 4.69) is 29.8 Å². The highest BCUT2D eigenvalue weighted by molar-refractivity contribution is 5.88. The topological polar surface area (TPSA) is 121 Å². The highest BCUT2D eigenvalue weighted by Crippen LogP contribution is 2.33. The Hall–Kier alpha value is -3.90. The summed E-state index contributed by atoms with van der Waals surface area (Å²) in [6.07, 6.45) is 10.6. The number of carbonyl (C=O) groups is 2. The minimum absolute atomic E-state index is 0.0669. The predicted molar refractivity (Wildman–Crippen MR) is 161 cm³/mol. The second-order valence-electron chi connectivity index (χ2n) is 9.71. The van der Waals surface area contributed by atoms with Crippen LogP contribution in [0.2, 0.25) is 0 Å². The molecule has 0 radical (unpaired) electrons. The molecule has 9 nitrogen and oxygen atoms in total. The zero-order chi connectivity index (χ0) is 29.3. The van der Waals surface area contributed by atoms with Gasteiger partial charge in [0.15, 0.2) is 6.29 Å². The zero-order valence-electron chi connectivity index (χ0n) is 24.5. The smallest absolute Gasteiger partial charge is 0.236 e. The standard InChI is InChI=1S/C21H23N3O2.C7H13N3O.C3H8/c1-26-18-11-5-7-15(13-18)19-21(22-17-9-3-2-4-10-17)24-12-6-8-16(14-25)20(24)23-19;1-6(9-2)7(11)10-5-3-4-8;1-3-2/h5-8,11-14,17,22H,2-4,9-10H2,1H3;6,9H,3,5H2,1-2H3,(H,10,11);3H2,1-2H3. The van der Waals surface area contributed by atoms with Gasteiger partial charge in [-0.05, 0) is 51.1 Å². The van der Waals surface area contributed by atoms with Crippen LogP contribution < -0.4 is 20.7 Å². The van der Waals surface area contributed by atoms with Crippen LogP contribution in [0.5, 0.6) is 5.75 Å². The first-order valence-electron chi connectivity index (χ1n) is 14.1. The lowest BCUT2D eigenvalue weighted by molar-refractivity contribution is -0.122. The van der Waals surface area contributed by atoms with Crippen molar-refractivity contribution in [2.75, 3.05) is 26.0 Å². The number of methoxy groups -OCH3 is 1. The van der Waals surface area contributed by atoms with E-state index in [0.717, 1.165) is 42.0 Å². The van der Waals surface area contributed by atoms with Crippen molar-refractivity contribution in [2.24, 2.45) is 0 Å². The molecule has 3 aromatic rings. The van der Waals surface area contributed by atoms with E-state index in [-0.39, 0.29) is 11.9 Å². The molecule has 40 heavy (non-hydrogen) atoms. The van der Waals surface area contributed by atoms with E-state index in [4.69, 9.17) is 15.0 Å². The summed E-state index contributed by atoms with van der Waals surface area (Å²) in [4.78, 5) is 27.2. The zero-order valence-corrected chi connectivity index (χ0v) is 24.5. The molecular weight excluding hydrogens is 504 g/mol. The van der Waals surface area contributed by atoms with Crippen LogP contribution in [0.15, 0.2) is 42.6 Å². The summed E-state index contributed by atoms with van der Waals surface area (Å²) in [5.41, 5.74) is 3.10. The second-order valence-corrected chi connectivity index (χ2v) is 9.71. The Labute approximate surface area is 238 Å². The maximum Gasteiger partial charge on any atom is 0.236 e. The van der Waals surface area contributed by atoms with E-state index in [1.165, 1.54) is 25.7 Å². The molecule has 3 N–H and O–H groups in total. The van der Waals surface area contributed by atoms with E-state index < -0.39 is 0 Å². The van der Waals surface area contributed by atoms with Gasteiger partial charge in [0.05, 0.1) is 31.2 Å². The van der Waals surface area contributed by atoms with E-state index in [0.29, 0.717) is 30.2 Å². The number of likely N-dealkylation sites (N-methyl/N-ethyl adjacent to an activating group) is 1. The Morgan fingerprint density at radius 3 is 2.58 bits per heavy atom. The molecule has 2 aromatic heterocycles. The van der Waals surface area contributed by atoms with E-state index in [1.54, 1.807) is 27.1 Å². The molecule has 0 bridgehead atoms. The second kappa shape index (κ2) is 17.6. The SMILES string of the molecule is CCC.CNC(C)C(=O)NCCC#N.COc1cccc(-c2nc3c(C=O)cccn3c2NC2CCCCC2)c1. The molecule has 1 aliphatic rings. The molecule has 1 atom stereocenters. The van der Waals surface area contributed by atoms with Crippen LogP contribution >= 0.6 is 0 Å². The number of carbonyl (C=O) groups excluding carboxylic acids is 2. The molecule has 0 aliphatic heterocycles. The molecule has 0 saturated heterocycles. The van der Waals surface area contributed by atoms with Crippen molar-refractivity contribution >= 4 is 23.7 Å². The summed E-state index contributed by atoms with van der Waals surface area (Å²) < 4.78 is 7.37. The lowest BCUT2D eigenvalue weighted by Crippen LogP contribution is -2.40. The Balaban J connectivity index is 0.000000338. The Morgan fingerprint density at radius 1 is 1.23 bits per heavy atom. The predicted octanol–water partition coefficient (Wildman–Crippen LogP) is 5.61. The molecule has 1 aromatic carbocycles. The quantitative estimate of drug-likeness (QED) is 0.235. The first-order chi connectivity index (χ1) is 19.4. The average molecular weight is 549 g/mol. The highest BCUT2D eigenvalue weighted by Gasteiger charge is 2.21. The highest BCUT2D eigenvalue weighted by atomic mass is 16.5. The van der Waals surface area contributed by atoms with Gasteiger partial charge < -0.3 is 20.7 Å². The third-order valence-corrected chi connectivity index (χ3v) is 6.46. The molecule has 1 unspecified atom stereocenters. The van der Waals surface area contributed by atoms with Gasteiger partial charge in [0.25, 0.3) is 0 Å². The number of hydrogen-bond acceptors (Lipinski definition) is 7. The molecule has 1 amide bonds. The van der Waals surface area contributed by atoms with Gasteiger partial charge in [-0.1, -0.05) is 51.7 Å². The molecule has 0 spiro atoms. The van der Waals surface area contributed by atoms with E-state index in [9.17, 15) is 9.59 Å². The molecule has 1 saturated carbocycles. The Bertz CT molecular complexity index is 1240. The summed E-state index contributed by atoms with van der Waals surface area (Å²) in [6.45, 7) is 6.45. The van der Waals surface area contributed by atoms with Crippen molar-refractivity contribution in [3.63, 3.8) is 0 Å². The van der Waals surface area contributed by atoms with Gasteiger partial charge in [-0.15, -0.1) is 0 Å². The Morgan fingerprint density at radius 2 is 1.95 bits per heavy atom. The number of imidazole rings is 1. The van der Waals surface area contributed by atoms with Crippen LogP contribution in [0, 0.1) is 11.3 Å². The van der Waals surface area contributed by atoms with Gasteiger partial charge in [-0.2, -0.15) is 5.26 Å². The van der Waals surface area contributed by atoms with E-state index >= 15 is 0 Å². The van der Waals surface area contributed by atoms with Crippen LogP contribution in [0.1, 0.15) is 76.1 Å². The largest absolute Gasteiger partial charge is 0.497 e. The maximum absolute atomic E-state index is 11.5. The summed E-state index contributed by atoms with van der Waals surface area (Å²) in [5, 5.41) is 17.3. The van der Waals surface area contributed by atoms with Gasteiger partial charge in [0.2, 0.25) is 5.91 Å². The number of hydrogen-bond donors (Lipinski definition) is 3. The number of ether oxygens (including phenoxy) is 1. The fourth-order valence-electron chi connectivity index (χ4n) is 4.26. The lowest BCUT2D eigenvalue weighted by Gasteiger charge is -2.24. The number of anilines is 1. The van der Waals surface area contributed by atoms with E-state index in [1.807, 2.05) is 47.0 Å². The fraction of sp³-hybridized carbons (Fsp3) is 0.484.